The van der Waals surface area contributed by atoms with Gasteiger partial charge in [-0.15, -0.1) is 0 Å². The molecule has 8 heteroatoms. The minimum atomic E-state index is -0.652. The Balaban J connectivity index is 1.81. The Bertz CT molecular complexity index is 974. The molecular weight excluding hydrogens is 421 g/mol. The number of amides is 1. The van der Waals surface area contributed by atoms with Gasteiger partial charge in [0.05, 0.1) is 25.4 Å². The molecule has 1 N–H and O–H groups in total. The zero-order chi connectivity index (χ0) is 24.1. The molecular formula is C25H32BNO6. The molecule has 2 aromatic rings. The van der Waals surface area contributed by atoms with Crippen LogP contribution in [0.15, 0.2) is 54.0 Å². The summed E-state index contributed by atoms with van der Waals surface area (Å²) >= 11 is 0. The Hall–Kier alpha value is -2.97. The summed E-state index contributed by atoms with van der Waals surface area (Å²) in [6.45, 7) is 8.30. The highest BCUT2D eigenvalue weighted by atomic mass is 16.7. The second-order valence-electron chi connectivity index (χ2n) is 8.83. The van der Waals surface area contributed by atoms with Crippen LogP contribution in [0.4, 0.5) is 4.79 Å². The molecule has 3 rings (SSSR count). The number of nitrogens with one attached hydrogen (secondary N) is 1. The van der Waals surface area contributed by atoms with Gasteiger partial charge in [0.15, 0.2) is 0 Å². The third-order valence-electron chi connectivity index (χ3n) is 5.98. The van der Waals surface area contributed by atoms with E-state index in [9.17, 15) is 4.79 Å². The van der Waals surface area contributed by atoms with Crippen molar-refractivity contribution in [2.45, 2.75) is 45.5 Å². The number of benzene rings is 2. The number of rotatable bonds is 8. The Labute approximate surface area is 196 Å². The molecule has 0 unspecified atom stereocenters. The largest absolute Gasteiger partial charge is 0.497 e. The van der Waals surface area contributed by atoms with Crippen LogP contribution in [0.1, 0.15) is 38.8 Å². The van der Waals surface area contributed by atoms with E-state index in [4.69, 9.17) is 23.5 Å². The molecule has 2 aromatic carbocycles. The van der Waals surface area contributed by atoms with Crippen molar-refractivity contribution in [3.8, 4) is 11.5 Å². The number of hydrogen-bond acceptors (Lipinski definition) is 6. The molecule has 0 aromatic heterocycles. The fourth-order valence-corrected chi connectivity index (χ4v) is 3.30. The van der Waals surface area contributed by atoms with Crippen LogP contribution >= 0.6 is 0 Å². The highest BCUT2D eigenvalue weighted by molar-refractivity contribution is 6.56. The average Bonchev–Trinajstić information content (AvgIpc) is 3.02. The molecule has 1 heterocycles. The second kappa shape index (κ2) is 10.3. The maximum absolute atomic E-state index is 12.4. The molecule has 1 fully saturated rings. The van der Waals surface area contributed by atoms with Crippen molar-refractivity contribution in [2.75, 3.05) is 20.8 Å². The van der Waals surface area contributed by atoms with E-state index >= 15 is 0 Å². The predicted molar refractivity (Wildman–Crippen MR) is 128 cm³/mol. The van der Waals surface area contributed by atoms with E-state index in [1.165, 1.54) is 0 Å². The standard InChI is InChI=1S/C25H32BNO6/c1-24(2)25(3,4)33-26(32-24)20(14-19-15-21(29-5)12-13-22(19)30-6)16-27-23(28)31-17-18-10-8-7-9-11-18/h7-15H,16-17H2,1-6H3,(H,27,28). The summed E-state index contributed by atoms with van der Waals surface area (Å²) < 4.78 is 28.7. The van der Waals surface area contributed by atoms with Crippen LogP contribution in [0.2, 0.25) is 0 Å². The highest BCUT2D eigenvalue weighted by Crippen LogP contribution is 2.39. The Morgan fingerprint density at radius 3 is 2.27 bits per heavy atom. The minimum absolute atomic E-state index is 0.171. The van der Waals surface area contributed by atoms with Gasteiger partial charge >= 0.3 is 13.2 Å². The summed E-state index contributed by atoms with van der Waals surface area (Å²) in [5.74, 6) is 1.35. The SMILES string of the molecule is COc1ccc(OC)c(C=C(CNC(=O)OCc2ccccc2)B2OC(C)(C)C(C)(C)O2)c1. The molecule has 1 saturated heterocycles. The van der Waals surface area contributed by atoms with E-state index in [2.05, 4.69) is 5.32 Å². The molecule has 1 amide bonds. The van der Waals surface area contributed by atoms with E-state index in [1.54, 1.807) is 14.2 Å². The molecule has 176 valence electrons. The fraction of sp³-hybridized carbons (Fsp3) is 0.400. The molecule has 0 radical (unpaired) electrons. The fourth-order valence-electron chi connectivity index (χ4n) is 3.30. The van der Waals surface area contributed by atoms with Gasteiger partial charge in [-0.25, -0.2) is 4.79 Å². The monoisotopic (exact) mass is 453 g/mol. The molecule has 0 saturated carbocycles. The summed E-state index contributed by atoms with van der Waals surface area (Å²) in [6.07, 6.45) is 1.36. The van der Waals surface area contributed by atoms with Crippen molar-refractivity contribution in [2.24, 2.45) is 0 Å². The lowest BCUT2D eigenvalue weighted by molar-refractivity contribution is 0.00578. The summed E-state index contributed by atoms with van der Waals surface area (Å²) in [6, 6.07) is 15.0. The zero-order valence-electron chi connectivity index (χ0n) is 20.1. The van der Waals surface area contributed by atoms with Crippen LogP contribution in [0.25, 0.3) is 6.08 Å². The Morgan fingerprint density at radius 2 is 1.67 bits per heavy atom. The summed E-state index contributed by atoms with van der Waals surface area (Å²) in [4.78, 5) is 12.4. The van der Waals surface area contributed by atoms with Crippen LogP contribution < -0.4 is 14.8 Å². The summed E-state index contributed by atoms with van der Waals surface area (Å²) in [5, 5.41) is 2.81. The number of carbonyl (C=O) groups excluding carboxylic acids is 1. The van der Waals surface area contributed by atoms with Crippen molar-refractivity contribution in [3.05, 3.63) is 65.1 Å². The van der Waals surface area contributed by atoms with Crippen molar-refractivity contribution >= 4 is 19.3 Å². The topological polar surface area (TPSA) is 75.3 Å². The Kier molecular flexibility index (Phi) is 7.71. The molecule has 0 atom stereocenters. The lowest BCUT2D eigenvalue weighted by Crippen LogP contribution is -2.41. The third-order valence-corrected chi connectivity index (χ3v) is 5.98. The maximum Gasteiger partial charge on any atom is 0.492 e. The number of alkyl carbamates (subject to hydrolysis) is 1. The van der Waals surface area contributed by atoms with Gasteiger partial charge in [0.1, 0.15) is 18.1 Å². The van der Waals surface area contributed by atoms with Gasteiger partial charge in [-0.05, 0) is 56.9 Å². The summed E-state index contributed by atoms with van der Waals surface area (Å²) in [7, 11) is 2.56. The van der Waals surface area contributed by atoms with E-state index < -0.39 is 24.4 Å². The normalized spacial score (nSPS) is 16.9. The number of ether oxygens (including phenoxy) is 3. The maximum atomic E-state index is 12.4. The van der Waals surface area contributed by atoms with E-state index in [-0.39, 0.29) is 13.2 Å². The van der Waals surface area contributed by atoms with E-state index in [0.717, 1.165) is 16.6 Å². The number of carbonyl (C=O) groups is 1. The zero-order valence-corrected chi connectivity index (χ0v) is 20.1. The van der Waals surface area contributed by atoms with Crippen LogP contribution in [0.3, 0.4) is 0 Å². The van der Waals surface area contributed by atoms with Crippen molar-refractivity contribution in [1.29, 1.82) is 0 Å². The van der Waals surface area contributed by atoms with Gasteiger partial charge in [-0.1, -0.05) is 36.4 Å². The first-order valence-corrected chi connectivity index (χ1v) is 10.9. The third kappa shape index (κ3) is 6.09. The number of hydrogen-bond donors (Lipinski definition) is 1. The molecule has 33 heavy (non-hydrogen) atoms. The first-order valence-electron chi connectivity index (χ1n) is 10.9. The van der Waals surface area contributed by atoms with Crippen LogP contribution in [0, 0.1) is 0 Å². The molecule has 0 aliphatic carbocycles. The first-order chi connectivity index (χ1) is 15.6. The lowest BCUT2D eigenvalue weighted by atomic mass is 9.77. The number of methoxy groups -OCH3 is 2. The van der Waals surface area contributed by atoms with Crippen LogP contribution in [-0.4, -0.2) is 45.2 Å². The quantitative estimate of drug-likeness (QED) is 0.587. The molecule has 0 bridgehead atoms. The van der Waals surface area contributed by atoms with Gasteiger partial charge in [0, 0.05) is 12.1 Å². The Morgan fingerprint density at radius 1 is 1.00 bits per heavy atom. The highest BCUT2D eigenvalue weighted by Gasteiger charge is 2.52. The van der Waals surface area contributed by atoms with Crippen LogP contribution in [0.5, 0.6) is 11.5 Å². The van der Waals surface area contributed by atoms with E-state index in [1.807, 2.05) is 82.3 Å². The van der Waals surface area contributed by atoms with E-state index in [0.29, 0.717) is 11.5 Å². The van der Waals surface area contributed by atoms with Crippen molar-refractivity contribution in [1.82, 2.24) is 5.32 Å². The lowest BCUT2D eigenvalue weighted by Gasteiger charge is -2.32. The van der Waals surface area contributed by atoms with Crippen molar-refractivity contribution in [3.63, 3.8) is 0 Å². The molecule has 7 nitrogen and oxygen atoms in total. The van der Waals surface area contributed by atoms with Gasteiger partial charge in [-0.3, -0.25) is 0 Å². The predicted octanol–water partition coefficient (Wildman–Crippen LogP) is 4.65. The minimum Gasteiger partial charge on any atom is -0.497 e. The van der Waals surface area contributed by atoms with Crippen molar-refractivity contribution < 1.29 is 28.3 Å². The molecule has 0 spiro atoms. The van der Waals surface area contributed by atoms with Gasteiger partial charge in [-0.2, -0.15) is 0 Å². The first kappa shape index (κ1) is 24.7. The van der Waals surface area contributed by atoms with Gasteiger partial charge in [0.2, 0.25) is 0 Å². The smallest absolute Gasteiger partial charge is 0.492 e. The van der Waals surface area contributed by atoms with Gasteiger partial charge in [0.25, 0.3) is 0 Å². The van der Waals surface area contributed by atoms with Gasteiger partial charge < -0.3 is 28.8 Å². The van der Waals surface area contributed by atoms with Crippen LogP contribution in [-0.2, 0) is 20.7 Å². The molecule has 1 aliphatic rings. The average molecular weight is 453 g/mol. The second-order valence-corrected chi connectivity index (χ2v) is 8.83. The summed E-state index contributed by atoms with van der Waals surface area (Å²) in [5.41, 5.74) is 1.36. The molecule has 1 aliphatic heterocycles.